The molecule has 1 unspecified atom stereocenters. The van der Waals surface area contributed by atoms with Crippen LogP contribution in [-0.4, -0.2) is 44.2 Å². The number of aromatic nitrogens is 1. The van der Waals surface area contributed by atoms with Crippen LogP contribution in [0.4, 0.5) is 19.0 Å². The number of carbonyl (C=O) groups is 1. The molecular formula is C19H20F3N3O3. The minimum absolute atomic E-state index is 0.150. The number of carbonyl (C=O) groups excluding carboxylic acids is 1. The van der Waals surface area contributed by atoms with Gasteiger partial charge in [-0.05, 0) is 30.7 Å². The molecule has 1 aliphatic rings. The zero-order valence-corrected chi connectivity index (χ0v) is 15.4. The van der Waals surface area contributed by atoms with Gasteiger partial charge in [-0.15, -0.1) is 0 Å². The number of rotatable bonds is 5. The molecule has 1 fully saturated rings. The minimum atomic E-state index is -4.41. The van der Waals surface area contributed by atoms with Crippen LogP contribution in [0.5, 0.6) is 11.5 Å². The molecule has 0 radical (unpaired) electrons. The lowest BCUT2D eigenvalue weighted by molar-refractivity contribution is -0.137. The van der Waals surface area contributed by atoms with Crippen molar-refractivity contribution >= 4 is 11.7 Å². The molecule has 3 rings (SSSR count). The van der Waals surface area contributed by atoms with Crippen LogP contribution >= 0.6 is 0 Å². The largest absolute Gasteiger partial charge is 0.497 e. The van der Waals surface area contributed by atoms with Crippen LogP contribution in [0.1, 0.15) is 22.3 Å². The normalized spacial score (nSPS) is 16.8. The highest BCUT2D eigenvalue weighted by Gasteiger charge is 2.31. The Balaban J connectivity index is 1.64. The molecule has 1 amide bonds. The number of halogens is 3. The fourth-order valence-electron chi connectivity index (χ4n) is 3.08. The summed E-state index contributed by atoms with van der Waals surface area (Å²) < 4.78 is 48.3. The predicted molar refractivity (Wildman–Crippen MR) is 96.9 cm³/mol. The molecule has 0 bridgehead atoms. The Bertz CT molecular complexity index is 841. The Hall–Kier alpha value is -2.97. The Morgan fingerprint density at radius 2 is 2.00 bits per heavy atom. The highest BCUT2D eigenvalue weighted by molar-refractivity contribution is 5.97. The van der Waals surface area contributed by atoms with E-state index >= 15 is 0 Å². The van der Waals surface area contributed by atoms with Crippen LogP contribution < -0.4 is 19.7 Å². The molecule has 2 heterocycles. The van der Waals surface area contributed by atoms with Crippen molar-refractivity contribution in [1.29, 1.82) is 0 Å². The highest BCUT2D eigenvalue weighted by Crippen LogP contribution is 2.30. The number of anilines is 1. The summed E-state index contributed by atoms with van der Waals surface area (Å²) in [7, 11) is 3.00. The van der Waals surface area contributed by atoms with Gasteiger partial charge in [-0.2, -0.15) is 13.2 Å². The lowest BCUT2D eigenvalue weighted by Crippen LogP contribution is -2.37. The van der Waals surface area contributed by atoms with E-state index < -0.39 is 11.7 Å². The second kappa shape index (κ2) is 7.95. The second-order valence-corrected chi connectivity index (χ2v) is 6.37. The molecule has 1 N–H and O–H groups in total. The van der Waals surface area contributed by atoms with Gasteiger partial charge < -0.3 is 19.7 Å². The Morgan fingerprint density at radius 1 is 1.21 bits per heavy atom. The van der Waals surface area contributed by atoms with E-state index in [1.807, 2.05) is 4.90 Å². The van der Waals surface area contributed by atoms with Crippen molar-refractivity contribution in [1.82, 2.24) is 10.3 Å². The molecule has 1 aliphatic heterocycles. The van der Waals surface area contributed by atoms with Crippen molar-refractivity contribution in [2.45, 2.75) is 18.6 Å². The van der Waals surface area contributed by atoms with Gasteiger partial charge in [-0.3, -0.25) is 4.79 Å². The summed E-state index contributed by atoms with van der Waals surface area (Å²) in [6, 6.07) is 7.13. The maximum atomic E-state index is 12.7. The first-order valence-electron chi connectivity index (χ1n) is 8.63. The van der Waals surface area contributed by atoms with Crippen molar-refractivity contribution < 1.29 is 27.4 Å². The van der Waals surface area contributed by atoms with Crippen LogP contribution in [0, 0.1) is 0 Å². The molecule has 0 saturated carbocycles. The van der Waals surface area contributed by atoms with Crippen LogP contribution in [0.25, 0.3) is 0 Å². The van der Waals surface area contributed by atoms with E-state index in [1.54, 1.807) is 18.2 Å². The van der Waals surface area contributed by atoms with Crippen molar-refractivity contribution in [2.75, 3.05) is 32.2 Å². The summed E-state index contributed by atoms with van der Waals surface area (Å²) in [6.45, 7) is 1.05. The Morgan fingerprint density at radius 3 is 2.61 bits per heavy atom. The first kappa shape index (κ1) is 19.8. The number of amides is 1. The maximum Gasteiger partial charge on any atom is 0.417 e. The van der Waals surface area contributed by atoms with E-state index in [0.717, 1.165) is 12.3 Å². The molecule has 1 saturated heterocycles. The maximum absolute atomic E-state index is 12.7. The quantitative estimate of drug-likeness (QED) is 0.843. The molecule has 1 aromatic heterocycles. The van der Waals surface area contributed by atoms with Crippen LogP contribution in [0.15, 0.2) is 36.5 Å². The van der Waals surface area contributed by atoms with Gasteiger partial charge in [0.2, 0.25) is 0 Å². The van der Waals surface area contributed by atoms with Crippen molar-refractivity contribution in [3.63, 3.8) is 0 Å². The topological polar surface area (TPSA) is 63.7 Å². The van der Waals surface area contributed by atoms with Gasteiger partial charge in [0.15, 0.2) is 0 Å². The van der Waals surface area contributed by atoms with Gasteiger partial charge in [0.1, 0.15) is 17.3 Å². The summed E-state index contributed by atoms with van der Waals surface area (Å²) in [5, 5.41) is 2.93. The molecule has 2 aromatic rings. The smallest absolute Gasteiger partial charge is 0.417 e. The van der Waals surface area contributed by atoms with Crippen molar-refractivity contribution in [3.05, 3.63) is 47.7 Å². The Kier molecular flexibility index (Phi) is 5.62. The number of nitrogens with one attached hydrogen (secondary N) is 1. The van der Waals surface area contributed by atoms with Crippen LogP contribution in [-0.2, 0) is 6.18 Å². The summed E-state index contributed by atoms with van der Waals surface area (Å²) >= 11 is 0. The van der Waals surface area contributed by atoms with Gasteiger partial charge in [0, 0.05) is 31.4 Å². The molecule has 1 atom stereocenters. The average molecular weight is 395 g/mol. The van der Waals surface area contributed by atoms with E-state index in [0.29, 0.717) is 42.4 Å². The number of alkyl halides is 3. The lowest BCUT2D eigenvalue weighted by Gasteiger charge is -2.19. The Labute approximate surface area is 160 Å². The number of nitrogens with zero attached hydrogens (tertiary/aromatic N) is 2. The SMILES string of the molecule is COc1ccc(C(=O)NC2CCN(c3ccc(C(F)(F)F)cn3)C2)c(OC)c1. The third kappa shape index (κ3) is 4.29. The van der Waals surface area contributed by atoms with Gasteiger partial charge in [-0.1, -0.05) is 0 Å². The second-order valence-electron chi connectivity index (χ2n) is 6.37. The molecule has 9 heteroatoms. The number of benzene rings is 1. The van der Waals surface area contributed by atoms with E-state index in [9.17, 15) is 18.0 Å². The first-order chi connectivity index (χ1) is 13.3. The third-order valence-corrected chi connectivity index (χ3v) is 4.58. The summed E-state index contributed by atoms with van der Waals surface area (Å²) in [6.07, 6.45) is -2.93. The van der Waals surface area contributed by atoms with E-state index in [1.165, 1.54) is 20.3 Å². The van der Waals surface area contributed by atoms with Gasteiger partial charge in [0.25, 0.3) is 5.91 Å². The standard InChI is InChI=1S/C19H20F3N3O3/c1-27-14-4-5-15(16(9-14)28-2)18(26)24-13-7-8-25(11-13)17-6-3-12(10-23-17)19(20,21)22/h3-6,9-10,13H,7-8,11H2,1-2H3,(H,24,26). The number of pyridine rings is 1. The van der Waals surface area contributed by atoms with Crippen LogP contribution in [0.3, 0.4) is 0 Å². The van der Waals surface area contributed by atoms with Gasteiger partial charge in [0.05, 0.1) is 25.3 Å². The summed E-state index contributed by atoms with van der Waals surface area (Å²) in [5.41, 5.74) is -0.402. The molecule has 1 aromatic carbocycles. The molecule has 0 aliphatic carbocycles. The molecule has 150 valence electrons. The van der Waals surface area contributed by atoms with Gasteiger partial charge in [-0.25, -0.2) is 4.98 Å². The molecular weight excluding hydrogens is 375 g/mol. The van der Waals surface area contributed by atoms with Crippen molar-refractivity contribution in [2.24, 2.45) is 0 Å². The van der Waals surface area contributed by atoms with E-state index in [4.69, 9.17) is 9.47 Å². The van der Waals surface area contributed by atoms with Crippen molar-refractivity contribution in [3.8, 4) is 11.5 Å². The lowest BCUT2D eigenvalue weighted by atomic mass is 10.1. The number of ether oxygens (including phenoxy) is 2. The van der Waals surface area contributed by atoms with Crippen LogP contribution in [0.2, 0.25) is 0 Å². The number of methoxy groups -OCH3 is 2. The highest BCUT2D eigenvalue weighted by atomic mass is 19.4. The minimum Gasteiger partial charge on any atom is -0.497 e. The summed E-state index contributed by atoms with van der Waals surface area (Å²) in [5.74, 6) is 1.14. The number of hydrogen-bond acceptors (Lipinski definition) is 5. The summed E-state index contributed by atoms with van der Waals surface area (Å²) in [4.78, 5) is 18.3. The molecule has 6 nitrogen and oxygen atoms in total. The van der Waals surface area contributed by atoms with E-state index in [2.05, 4.69) is 10.3 Å². The zero-order chi connectivity index (χ0) is 20.3. The third-order valence-electron chi connectivity index (χ3n) is 4.58. The zero-order valence-electron chi connectivity index (χ0n) is 15.4. The monoisotopic (exact) mass is 395 g/mol. The fourth-order valence-corrected chi connectivity index (χ4v) is 3.08. The molecule has 28 heavy (non-hydrogen) atoms. The fraction of sp³-hybridized carbons (Fsp3) is 0.368. The van der Waals surface area contributed by atoms with Gasteiger partial charge >= 0.3 is 6.18 Å². The predicted octanol–water partition coefficient (Wildman–Crippen LogP) is 3.13. The first-order valence-corrected chi connectivity index (χ1v) is 8.63. The van der Waals surface area contributed by atoms with E-state index in [-0.39, 0.29) is 11.9 Å². The number of hydrogen-bond donors (Lipinski definition) is 1. The average Bonchev–Trinajstić information content (AvgIpc) is 3.15. The molecule has 0 spiro atoms.